The number of anilines is 1. The van der Waals surface area contributed by atoms with Gasteiger partial charge in [-0.1, -0.05) is 65.7 Å². The molecule has 1 aliphatic heterocycles. The maximum absolute atomic E-state index is 11.6. The highest BCUT2D eigenvalue weighted by Crippen LogP contribution is 2.37. The quantitative estimate of drug-likeness (QED) is 0.349. The average Bonchev–Trinajstić information content (AvgIpc) is 3.07. The summed E-state index contributed by atoms with van der Waals surface area (Å²) in [6.45, 7) is 17.9. The van der Waals surface area contributed by atoms with Crippen molar-refractivity contribution in [1.82, 2.24) is 20.0 Å². The first-order valence-corrected chi connectivity index (χ1v) is 11.8. The average molecular weight is 444 g/mol. The van der Waals surface area contributed by atoms with E-state index in [1.807, 2.05) is 23.7 Å². The number of hydrogen-bond acceptors (Lipinski definition) is 5. The van der Waals surface area contributed by atoms with Crippen molar-refractivity contribution in [1.29, 1.82) is 0 Å². The Bertz CT molecular complexity index is 809. The van der Waals surface area contributed by atoms with E-state index in [4.69, 9.17) is 0 Å². The minimum Gasteiger partial charge on any atom is -0.370 e. The van der Waals surface area contributed by atoms with Crippen molar-refractivity contribution in [2.45, 2.75) is 52.9 Å². The maximum Gasteiger partial charge on any atom is 0.228 e. The second-order valence-electron chi connectivity index (χ2n) is 9.21. The van der Waals surface area contributed by atoms with Crippen LogP contribution in [0, 0.1) is 17.8 Å². The molecule has 1 N–H and O–H groups in total. The number of nitrogens with one attached hydrogen (secondary N) is 1. The Kier molecular flexibility index (Phi) is 9.54. The van der Waals surface area contributed by atoms with Crippen LogP contribution in [0.15, 0.2) is 13.2 Å². The third kappa shape index (κ3) is 6.02. The lowest BCUT2D eigenvalue weighted by Crippen LogP contribution is -2.49. The van der Waals surface area contributed by atoms with E-state index in [-0.39, 0.29) is 12.3 Å². The van der Waals surface area contributed by atoms with Crippen LogP contribution in [0.3, 0.4) is 0 Å². The number of likely N-dealkylation sites (tertiary alicyclic amines) is 1. The zero-order valence-electron chi connectivity index (χ0n) is 20.6. The molecule has 2 amide bonds. The van der Waals surface area contributed by atoms with Gasteiger partial charge in [-0.05, 0) is 17.8 Å². The highest BCUT2D eigenvalue weighted by atomic mass is 16.2. The third-order valence-electron chi connectivity index (χ3n) is 6.99. The number of amides is 2. The van der Waals surface area contributed by atoms with Crippen LogP contribution in [0.25, 0.3) is 11.8 Å². The van der Waals surface area contributed by atoms with Crippen molar-refractivity contribution in [3.8, 4) is 0 Å². The number of hydrogen-bond donors (Lipinski definition) is 1. The smallest absolute Gasteiger partial charge is 0.228 e. The lowest BCUT2D eigenvalue weighted by atomic mass is 9.77. The minimum atomic E-state index is -0.308. The van der Waals surface area contributed by atoms with E-state index in [9.17, 15) is 9.59 Å². The summed E-state index contributed by atoms with van der Waals surface area (Å²) in [5.74, 6) is 2.60. The topological polar surface area (TPSA) is 70.5 Å². The maximum atomic E-state index is 11.6. The van der Waals surface area contributed by atoms with Gasteiger partial charge in [-0.15, -0.1) is 0 Å². The predicted octanol–water partition coefficient (Wildman–Crippen LogP) is 3.92. The number of unbranched alkanes of at least 4 members (excludes halogenated alkanes) is 2. The number of aromatic nitrogens is 2. The summed E-state index contributed by atoms with van der Waals surface area (Å²) in [4.78, 5) is 26.3. The lowest BCUT2D eigenvalue weighted by Gasteiger charge is -2.46. The Morgan fingerprint density at radius 3 is 2.62 bits per heavy atom. The van der Waals surface area contributed by atoms with E-state index < -0.39 is 0 Å². The molecule has 0 saturated carbocycles. The van der Waals surface area contributed by atoms with E-state index in [2.05, 4.69) is 49.2 Å². The summed E-state index contributed by atoms with van der Waals surface area (Å²) in [6.07, 6.45) is 7.67. The molecule has 178 valence electrons. The zero-order chi connectivity index (χ0) is 23.8. The fraction of sp³-hybridized carbons (Fsp3) is 0.640. The summed E-state index contributed by atoms with van der Waals surface area (Å²) in [7, 11) is 3.80. The fourth-order valence-corrected chi connectivity index (χ4v) is 4.51. The number of imide groups is 1. The van der Waals surface area contributed by atoms with Gasteiger partial charge in [0.25, 0.3) is 0 Å². The molecule has 7 heteroatoms. The standard InChI is InChI=1S/C25H41N5O2/c1-8-10-11-12-18(3)19(4)21-15-30(16-21)20(5)24-22(9-2)25(27-29(24)7)28(6)14-13-23(32)26-17-31/h9,17-19,21H,2,5,8,10-16H2,1,3-4,6-7H3,(H,26,31,32). The Morgan fingerprint density at radius 2 is 2.03 bits per heavy atom. The molecule has 0 spiro atoms. The van der Waals surface area contributed by atoms with E-state index in [1.165, 1.54) is 25.7 Å². The Balaban J connectivity index is 2.01. The molecule has 1 aromatic rings. The van der Waals surface area contributed by atoms with Crippen LogP contribution in [0.4, 0.5) is 5.82 Å². The molecule has 1 fully saturated rings. The molecule has 1 aromatic heterocycles. The van der Waals surface area contributed by atoms with Gasteiger partial charge >= 0.3 is 0 Å². The van der Waals surface area contributed by atoms with Crippen molar-refractivity contribution in [2.75, 3.05) is 31.6 Å². The molecule has 0 aromatic carbocycles. The molecule has 0 aliphatic carbocycles. The first-order valence-electron chi connectivity index (χ1n) is 11.8. The lowest BCUT2D eigenvalue weighted by molar-refractivity contribution is -0.125. The van der Waals surface area contributed by atoms with Gasteiger partial charge in [0.15, 0.2) is 5.82 Å². The molecule has 0 bridgehead atoms. The molecule has 2 rings (SSSR count). The minimum absolute atomic E-state index is 0.209. The molecule has 0 radical (unpaired) electrons. The van der Waals surface area contributed by atoms with Crippen molar-refractivity contribution in [2.24, 2.45) is 24.8 Å². The van der Waals surface area contributed by atoms with Gasteiger partial charge < -0.3 is 9.80 Å². The second-order valence-corrected chi connectivity index (χ2v) is 9.21. The third-order valence-corrected chi connectivity index (χ3v) is 6.99. The van der Waals surface area contributed by atoms with Crippen molar-refractivity contribution < 1.29 is 9.59 Å². The first kappa shape index (κ1) is 25.7. The van der Waals surface area contributed by atoms with Crippen LogP contribution in [-0.4, -0.2) is 53.7 Å². The summed E-state index contributed by atoms with van der Waals surface area (Å²) in [5, 5.41) is 6.84. The van der Waals surface area contributed by atoms with Crippen LogP contribution < -0.4 is 10.2 Å². The molecule has 2 atom stereocenters. The van der Waals surface area contributed by atoms with Gasteiger partial charge in [-0.3, -0.25) is 19.6 Å². The molecule has 7 nitrogen and oxygen atoms in total. The highest BCUT2D eigenvalue weighted by molar-refractivity contribution is 5.86. The Labute approximate surface area is 193 Å². The first-order chi connectivity index (χ1) is 15.2. The van der Waals surface area contributed by atoms with Crippen molar-refractivity contribution in [3.05, 3.63) is 24.4 Å². The van der Waals surface area contributed by atoms with Crippen LogP contribution in [0.1, 0.15) is 64.1 Å². The van der Waals surface area contributed by atoms with Crippen LogP contribution in [0.2, 0.25) is 0 Å². The van der Waals surface area contributed by atoms with Gasteiger partial charge in [0.1, 0.15) is 0 Å². The van der Waals surface area contributed by atoms with E-state index in [0.717, 1.165) is 41.8 Å². The number of carbonyl (C=O) groups excluding carboxylic acids is 2. The van der Waals surface area contributed by atoms with Crippen LogP contribution in [0.5, 0.6) is 0 Å². The zero-order valence-corrected chi connectivity index (χ0v) is 20.6. The molecule has 2 unspecified atom stereocenters. The fourth-order valence-electron chi connectivity index (χ4n) is 4.51. The van der Waals surface area contributed by atoms with E-state index >= 15 is 0 Å². The summed E-state index contributed by atoms with van der Waals surface area (Å²) in [5.41, 5.74) is 2.84. The summed E-state index contributed by atoms with van der Waals surface area (Å²) in [6, 6.07) is 0. The Hall–Kier alpha value is -2.57. The molecule has 1 saturated heterocycles. The van der Waals surface area contributed by atoms with Gasteiger partial charge in [0, 0.05) is 45.7 Å². The van der Waals surface area contributed by atoms with Gasteiger partial charge in [0.05, 0.1) is 11.4 Å². The normalized spacial score (nSPS) is 15.6. The van der Waals surface area contributed by atoms with Gasteiger partial charge in [0.2, 0.25) is 12.3 Å². The SMILES string of the molecule is C=Cc1c(N(C)CCC(=O)NC=O)nn(C)c1C(=C)N1CC(C(C)C(C)CCCCC)C1. The van der Waals surface area contributed by atoms with Gasteiger partial charge in [-0.25, -0.2) is 0 Å². The largest absolute Gasteiger partial charge is 0.370 e. The van der Waals surface area contributed by atoms with E-state index in [1.54, 1.807) is 6.08 Å². The number of aryl methyl sites for hydroxylation is 1. The number of carbonyl (C=O) groups is 2. The molecular formula is C25H41N5O2. The highest BCUT2D eigenvalue weighted by Gasteiger charge is 2.35. The number of rotatable bonds is 14. The molecule has 2 heterocycles. The molecule has 1 aliphatic rings. The summed E-state index contributed by atoms with van der Waals surface area (Å²) < 4.78 is 1.85. The number of nitrogens with zero attached hydrogens (tertiary/aromatic N) is 4. The predicted molar refractivity (Wildman–Crippen MR) is 132 cm³/mol. The van der Waals surface area contributed by atoms with Crippen molar-refractivity contribution in [3.63, 3.8) is 0 Å². The van der Waals surface area contributed by atoms with Crippen molar-refractivity contribution >= 4 is 29.9 Å². The van der Waals surface area contributed by atoms with Crippen LogP contribution in [-0.2, 0) is 16.6 Å². The molecule has 32 heavy (non-hydrogen) atoms. The van der Waals surface area contributed by atoms with Gasteiger partial charge in [-0.2, -0.15) is 5.10 Å². The summed E-state index contributed by atoms with van der Waals surface area (Å²) >= 11 is 0. The Morgan fingerprint density at radius 1 is 1.34 bits per heavy atom. The monoisotopic (exact) mass is 443 g/mol. The van der Waals surface area contributed by atoms with Crippen LogP contribution >= 0.6 is 0 Å². The molecular weight excluding hydrogens is 402 g/mol. The second kappa shape index (κ2) is 11.9. The van der Waals surface area contributed by atoms with E-state index in [0.29, 0.717) is 24.8 Å².